The first kappa shape index (κ1) is 11.5. The minimum absolute atomic E-state index is 0.115. The molecule has 0 aromatic rings. The minimum atomic E-state index is -0.475. The Bertz CT molecular complexity index is 211. The van der Waals surface area contributed by atoms with Gasteiger partial charge >= 0.3 is 5.97 Å². The summed E-state index contributed by atoms with van der Waals surface area (Å²) >= 11 is 0. The molecule has 0 spiro atoms. The van der Waals surface area contributed by atoms with Crippen molar-refractivity contribution in [2.75, 3.05) is 27.4 Å². The van der Waals surface area contributed by atoms with E-state index >= 15 is 0 Å². The zero-order chi connectivity index (χ0) is 10.8. The van der Waals surface area contributed by atoms with Gasteiger partial charge in [0.05, 0.1) is 20.3 Å². The van der Waals surface area contributed by atoms with Gasteiger partial charge in [0, 0.05) is 6.04 Å². The molecule has 1 aliphatic heterocycles. The maximum absolute atomic E-state index is 11.7. The number of carbonyl (C=O) groups is 1. The topological polar surface area (TPSA) is 47.6 Å². The van der Waals surface area contributed by atoms with Crippen LogP contribution in [0.3, 0.4) is 0 Å². The van der Waals surface area contributed by atoms with E-state index in [0.29, 0.717) is 19.1 Å². The van der Waals surface area contributed by atoms with Gasteiger partial charge in [-0.1, -0.05) is 13.8 Å². The van der Waals surface area contributed by atoms with Gasteiger partial charge in [-0.3, -0.25) is 4.79 Å². The standard InChI is InChI=1S/C10H19NO3/c1-7(2)8(11-3)10(5-14-6-10)9(12)13-4/h7-8,11H,5-6H2,1-4H3. The lowest BCUT2D eigenvalue weighted by Crippen LogP contribution is -2.62. The highest BCUT2D eigenvalue weighted by atomic mass is 16.5. The molecule has 1 rings (SSSR count). The predicted molar refractivity (Wildman–Crippen MR) is 53.0 cm³/mol. The molecule has 1 saturated heterocycles. The van der Waals surface area contributed by atoms with Crippen molar-refractivity contribution in [2.45, 2.75) is 19.9 Å². The second kappa shape index (κ2) is 4.28. The van der Waals surface area contributed by atoms with Gasteiger partial charge in [0.1, 0.15) is 5.41 Å². The lowest BCUT2D eigenvalue weighted by molar-refractivity contribution is -0.192. The number of carbonyl (C=O) groups excluding carboxylic acids is 1. The maximum Gasteiger partial charge on any atom is 0.318 e. The Morgan fingerprint density at radius 2 is 2.07 bits per heavy atom. The third-order valence-corrected chi connectivity index (χ3v) is 2.88. The molecule has 1 aliphatic rings. The number of nitrogens with one attached hydrogen (secondary N) is 1. The van der Waals surface area contributed by atoms with Crippen LogP contribution in [0.15, 0.2) is 0 Å². The summed E-state index contributed by atoms with van der Waals surface area (Å²) in [7, 11) is 3.29. The van der Waals surface area contributed by atoms with Crippen molar-refractivity contribution in [1.82, 2.24) is 5.32 Å². The van der Waals surface area contributed by atoms with Crippen LogP contribution in [0.1, 0.15) is 13.8 Å². The van der Waals surface area contributed by atoms with Gasteiger partial charge < -0.3 is 14.8 Å². The summed E-state index contributed by atoms with van der Waals surface area (Å²) < 4.78 is 9.98. The number of hydrogen-bond acceptors (Lipinski definition) is 4. The smallest absolute Gasteiger partial charge is 0.318 e. The van der Waals surface area contributed by atoms with E-state index in [2.05, 4.69) is 19.2 Å². The van der Waals surface area contributed by atoms with Crippen LogP contribution in [-0.2, 0) is 14.3 Å². The Labute approximate surface area is 85.0 Å². The fourth-order valence-electron chi connectivity index (χ4n) is 2.20. The average Bonchev–Trinajstić information content (AvgIpc) is 2.09. The maximum atomic E-state index is 11.7. The molecule has 1 fully saturated rings. The fourth-order valence-corrected chi connectivity index (χ4v) is 2.20. The molecule has 0 aromatic carbocycles. The van der Waals surface area contributed by atoms with Crippen LogP contribution in [0.4, 0.5) is 0 Å². The quantitative estimate of drug-likeness (QED) is 0.670. The zero-order valence-corrected chi connectivity index (χ0v) is 9.29. The lowest BCUT2D eigenvalue weighted by Gasteiger charge is -2.45. The largest absolute Gasteiger partial charge is 0.468 e. The molecule has 1 heterocycles. The van der Waals surface area contributed by atoms with Gasteiger partial charge in [-0.15, -0.1) is 0 Å². The van der Waals surface area contributed by atoms with Crippen LogP contribution < -0.4 is 5.32 Å². The van der Waals surface area contributed by atoms with E-state index in [0.717, 1.165) is 0 Å². The Morgan fingerprint density at radius 3 is 2.29 bits per heavy atom. The summed E-state index contributed by atoms with van der Waals surface area (Å²) in [4.78, 5) is 11.7. The first-order chi connectivity index (χ1) is 6.58. The Kier molecular flexibility index (Phi) is 3.50. The third-order valence-electron chi connectivity index (χ3n) is 2.88. The molecule has 0 aliphatic carbocycles. The molecule has 0 saturated carbocycles. The molecular formula is C10H19NO3. The predicted octanol–water partition coefficient (Wildman–Crippen LogP) is 0.420. The first-order valence-electron chi connectivity index (χ1n) is 4.92. The number of esters is 1. The summed E-state index contributed by atoms with van der Waals surface area (Å²) in [6.07, 6.45) is 0. The van der Waals surface area contributed by atoms with Crippen molar-refractivity contribution < 1.29 is 14.3 Å². The molecule has 4 nitrogen and oxygen atoms in total. The molecule has 0 bridgehead atoms. The van der Waals surface area contributed by atoms with E-state index in [4.69, 9.17) is 9.47 Å². The summed E-state index contributed by atoms with van der Waals surface area (Å²) in [5.41, 5.74) is -0.475. The van der Waals surface area contributed by atoms with Gasteiger partial charge in [-0.25, -0.2) is 0 Å². The Hall–Kier alpha value is -0.610. The molecular weight excluding hydrogens is 182 g/mol. The summed E-state index contributed by atoms with van der Waals surface area (Å²) in [5, 5.41) is 3.18. The van der Waals surface area contributed by atoms with Gasteiger partial charge in [0.15, 0.2) is 0 Å². The van der Waals surface area contributed by atoms with E-state index in [1.54, 1.807) is 0 Å². The van der Waals surface area contributed by atoms with Gasteiger partial charge in [0.2, 0.25) is 0 Å². The van der Waals surface area contributed by atoms with Crippen LogP contribution in [-0.4, -0.2) is 39.4 Å². The van der Waals surface area contributed by atoms with Crippen LogP contribution in [0.2, 0.25) is 0 Å². The van der Waals surface area contributed by atoms with Crippen LogP contribution in [0, 0.1) is 11.3 Å². The second-order valence-electron chi connectivity index (χ2n) is 4.15. The highest BCUT2D eigenvalue weighted by Gasteiger charge is 2.53. The van der Waals surface area contributed by atoms with Crippen molar-refractivity contribution in [3.8, 4) is 0 Å². The van der Waals surface area contributed by atoms with E-state index in [-0.39, 0.29) is 12.0 Å². The zero-order valence-electron chi connectivity index (χ0n) is 9.29. The lowest BCUT2D eigenvalue weighted by atomic mass is 9.73. The third kappa shape index (κ3) is 1.64. The molecule has 0 amide bonds. The Balaban J connectivity index is 2.82. The Morgan fingerprint density at radius 1 is 1.50 bits per heavy atom. The monoisotopic (exact) mass is 201 g/mol. The SMILES string of the molecule is CNC(C(C)C)C1(C(=O)OC)COC1. The normalized spacial score (nSPS) is 21.5. The average molecular weight is 201 g/mol. The molecule has 1 atom stereocenters. The first-order valence-corrected chi connectivity index (χ1v) is 4.92. The van der Waals surface area contributed by atoms with E-state index in [1.807, 2.05) is 7.05 Å². The molecule has 1 N–H and O–H groups in total. The van der Waals surface area contributed by atoms with Crippen molar-refractivity contribution in [3.63, 3.8) is 0 Å². The van der Waals surface area contributed by atoms with Gasteiger partial charge in [-0.05, 0) is 13.0 Å². The summed E-state index contributed by atoms with van der Waals surface area (Å²) in [6, 6.07) is 0.115. The summed E-state index contributed by atoms with van der Waals surface area (Å²) in [5.74, 6) is 0.208. The second-order valence-corrected chi connectivity index (χ2v) is 4.15. The number of methoxy groups -OCH3 is 1. The number of hydrogen-bond donors (Lipinski definition) is 1. The molecule has 4 heteroatoms. The molecule has 1 unspecified atom stereocenters. The highest BCUT2D eigenvalue weighted by Crippen LogP contribution is 2.36. The van der Waals surface area contributed by atoms with Crippen LogP contribution in [0.5, 0.6) is 0 Å². The fraction of sp³-hybridized carbons (Fsp3) is 0.900. The van der Waals surface area contributed by atoms with Crippen molar-refractivity contribution >= 4 is 5.97 Å². The van der Waals surface area contributed by atoms with E-state index < -0.39 is 5.41 Å². The molecule has 14 heavy (non-hydrogen) atoms. The van der Waals surface area contributed by atoms with Crippen molar-refractivity contribution in [3.05, 3.63) is 0 Å². The van der Waals surface area contributed by atoms with Crippen molar-refractivity contribution in [2.24, 2.45) is 11.3 Å². The van der Waals surface area contributed by atoms with E-state index in [9.17, 15) is 4.79 Å². The van der Waals surface area contributed by atoms with Crippen LogP contribution in [0.25, 0.3) is 0 Å². The van der Waals surface area contributed by atoms with Crippen molar-refractivity contribution in [1.29, 1.82) is 0 Å². The van der Waals surface area contributed by atoms with Gasteiger partial charge in [-0.2, -0.15) is 0 Å². The molecule has 82 valence electrons. The minimum Gasteiger partial charge on any atom is -0.468 e. The number of ether oxygens (including phenoxy) is 2. The summed E-state index contributed by atoms with van der Waals surface area (Å²) in [6.45, 7) is 5.10. The van der Waals surface area contributed by atoms with Crippen LogP contribution >= 0.6 is 0 Å². The van der Waals surface area contributed by atoms with E-state index in [1.165, 1.54) is 7.11 Å². The molecule has 0 radical (unpaired) electrons. The number of rotatable bonds is 4. The molecule has 0 aromatic heterocycles. The van der Waals surface area contributed by atoms with Gasteiger partial charge in [0.25, 0.3) is 0 Å². The highest BCUT2D eigenvalue weighted by molar-refractivity contribution is 5.79.